The van der Waals surface area contributed by atoms with Crippen LogP contribution in [0.15, 0.2) is 12.1 Å². The van der Waals surface area contributed by atoms with Crippen molar-refractivity contribution in [2.24, 2.45) is 5.92 Å². The van der Waals surface area contributed by atoms with Gasteiger partial charge < -0.3 is 0 Å². The predicted octanol–water partition coefficient (Wildman–Crippen LogP) is 3.26. The lowest BCUT2D eigenvalue weighted by molar-refractivity contribution is 0.0968. The van der Waals surface area contributed by atoms with Crippen molar-refractivity contribution in [2.75, 3.05) is 0 Å². The zero-order valence-corrected chi connectivity index (χ0v) is 8.52. The molecule has 80 valence electrons. The Bertz CT molecular complexity index is 385. The van der Waals surface area contributed by atoms with E-state index in [-0.39, 0.29) is 12.0 Å². The van der Waals surface area contributed by atoms with Gasteiger partial charge in [-0.15, -0.1) is 0 Å². The van der Waals surface area contributed by atoms with Gasteiger partial charge in [-0.1, -0.05) is 0 Å². The van der Waals surface area contributed by atoms with Crippen LogP contribution in [-0.4, -0.2) is 5.78 Å². The van der Waals surface area contributed by atoms with E-state index >= 15 is 0 Å². The van der Waals surface area contributed by atoms with Gasteiger partial charge in [0.2, 0.25) is 0 Å². The minimum Gasteiger partial charge on any atom is -0.294 e. The molecule has 1 aliphatic rings. The molecule has 0 saturated heterocycles. The van der Waals surface area contributed by atoms with Crippen molar-refractivity contribution in [3.63, 3.8) is 0 Å². The molecule has 1 nitrogen and oxygen atoms in total. The van der Waals surface area contributed by atoms with Crippen LogP contribution in [0.1, 0.15) is 35.2 Å². The second-order valence-corrected chi connectivity index (χ2v) is 4.17. The van der Waals surface area contributed by atoms with E-state index in [1.807, 2.05) is 0 Å². The summed E-state index contributed by atoms with van der Waals surface area (Å²) in [6.45, 7) is 1.60. The lowest BCUT2D eigenvalue weighted by Crippen LogP contribution is -2.07. The second-order valence-electron chi connectivity index (χ2n) is 4.17. The summed E-state index contributed by atoms with van der Waals surface area (Å²) in [7, 11) is 0. The van der Waals surface area contributed by atoms with Gasteiger partial charge in [-0.3, -0.25) is 4.79 Å². The molecule has 0 aromatic heterocycles. The van der Waals surface area contributed by atoms with Gasteiger partial charge >= 0.3 is 0 Å². The lowest BCUT2D eigenvalue weighted by atomic mass is 10.0. The van der Waals surface area contributed by atoms with Crippen molar-refractivity contribution in [3.8, 4) is 0 Å². The summed E-state index contributed by atoms with van der Waals surface area (Å²) in [5.74, 6) is -1.54. The number of hydrogen-bond acceptors (Lipinski definition) is 1. The molecule has 1 aliphatic carbocycles. The fourth-order valence-corrected chi connectivity index (χ4v) is 1.65. The first kappa shape index (κ1) is 10.3. The fraction of sp³-hybridized carbons (Fsp3) is 0.417. The summed E-state index contributed by atoms with van der Waals surface area (Å²) in [5.41, 5.74) is 0.125. The van der Waals surface area contributed by atoms with E-state index in [1.165, 1.54) is 12.1 Å². The molecular weight excluding hydrogens is 198 g/mol. The lowest BCUT2D eigenvalue weighted by Gasteiger charge is -2.04. The Kier molecular flexibility index (Phi) is 2.55. The first-order valence-electron chi connectivity index (χ1n) is 5.07. The van der Waals surface area contributed by atoms with Crippen molar-refractivity contribution in [1.82, 2.24) is 0 Å². The highest BCUT2D eigenvalue weighted by molar-refractivity contribution is 5.96. The minimum absolute atomic E-state index is 0.275. The Morgan fingerprint density at radius 2 is 1.87 bits per heavy atom. The van der Waals surface area contributed by atoms with E-state index in [9.17, 15) is 13.6 Å². The molecule has 0 spiro atoms. The summed E-state index contributed by atoms with van der Waals surface area (Å²) >= 11 is 0. The molecule has 2 rings (SSSR count). The SMILES string of the molecule is Cc1cc(F)c(C(=O)CC2CC2)c(F)c1. The van der Waals surface area contributed by atoms with Crippen LogP contribution in [0.4, 0.5) is 8.78 Å². The van der Waals surface area contributed by atoms with Crippen LogP contribution in [-0.2, 0) is 0 Å². The van der Waals surface area contributed by atoms with Gasteiger partial charge in [0, 0.05) is 6.42 Å². The van der Waals surface area contributed by atoms with Crippen LogP contribution in [0.5, 0.6) is 0 Å². The zero-order valence-electron chi connectivity index (χ0n) is 8.52. The smallest absolute Gasteiger partial charge is 0.169 e. The van der Waals surface area contributed by atoms with Crippen molar-refractivity contribution >= 4 is 5.78 Å². The van der Waals surface area contributed by atoms with Crippen LogP contribution < -0.4 is 0 Å². The number of ketones is 1. The Morgan fingerprint density at radius 1 is 1.33 bits per heavy atom. The predicted molar refractivity (Wildman–Crippen MR) is 52.8 cm³/mol. The summed E-state index contributed by atoms with van der Waals surface area (Å²) in [4.78, 5) is 11.6. The van der Waals surface area contributed by atoms with E-state index in [0.717, 1.165) is 12.8 Å². The average Bonchev–Trinajstić information content (AvgIpc) is 2.85. The Hall–Kier alpha value is -1.25. The van der Waals surface area contributed by atoms with Crippen molar-refractivity contribution in [3.05, 3.63) is 34.9 Å². The molecule has 0 bridgehead atoms. The highest BCUT2D eigenvalue weighted by atomic mass is 19.1. The number of halogens is 2. The Balaban J connectivity index is 2.29. The number of rotatable bonds is 3. The largest absolute Gasteiger partial charge is 0.294 e. The Morgan fingerprint density at radius 3 is 2.33 bits per heavy atom. The molecule has 3 heteroatoms. The van der Waals surface area contributed by atoms with Crippen LogP contribution in [0, 0.1) is 24.5 Å². The molecule has 1 aromatic rings. The molecular formula is C12H12F2O. The third-order valence-corrected chi connectivity index (χ3v) is 2.64. The third-order valence-electron chi connectivity index (χ3n) is 2.64. The van der Waals surface area contributed by atoms with E-state index in [0.29, 0.717) is 11.5 Å². The van der Waals surface area contributed by atoms with Gasteiger partial charge in [0.1, 0.15) is 11.6 Å². The molecule has 15 heavy (non-hydrogen) atoms. The van der Waals surface area contributed by atoms with Crippen LogP contribution in [0.25, 0.3) is 0 Å². The molecule has 1 fully saturated rings. The van der Waals surface area contributed by atoms with Gasteiger partial charge in [-0.25, -0.2) is 8.78 Å². The molecule has 0 N–H and O–H groups in total. The van der Waals surface area contributed by atoms with Crippen LogP contribution in [0.2, 0.25) is 0 Å². The molecule has 0 aliphatic heterocycles. The first-order valence-corrected chi connectivity index (χ1v) is 5.07. The fourth-order valence-electron chi connectivity index (χ4n) is 1.65. The maximum Gasteiger partial charge on any atom is 0.169 e. The van der Waals surface area contributed by atoms with Gasteiger partial charge in [-0.05, 0) is 43.4 Å². The summed E-state index contributed by atoms with van der Waals surface area (Å²) < 4.78 is 26.7. The standard InChI is InChI=1S/C12H12F2O/c1-7-4-9(13)12(10(14)5-7)11(15)6-8-2-3-8/h4-5,8H,2-3,6H2,1H3. The van der Waals surface area contributed by atoms with Crippen LogP contribution >= 0.6 is 0 Å². The van der Waals surface area contributed by atoms with E-state index < -0.39 is 17.4 Å². The van der Waals surface area contributed by atoms with E-state index in [4.69, 9.17) is 0 Å². The van der Waals surface area contributed by atoms with E-state index in [2.05, 4.69) is 0 Å². The first-order chi connectivity index (χ1) is 7.08. The maximum atomic E-state index is 13.4. The zero-order chi connectivity index (χ0) is 11.0. The van der Waals surface area contributed by atoms with Gasteiger partial charge in [0.05, 0.1) is 5.56 Å². The normalized spacial score (nSPS) is 15.4. The molecule has 1 aromatic carbocycles. The topological polar surface area (TPSA) is 17.1 Å². The Labute approximate surface area is 87.1 Å². The third kappa shape index (κ3) is 2.22. The monoisotopic (exact) mass is 210 g/mol. The highest BCUT2D eigenvalue weighted by Gasteiger charge is 2.27. The molecule has 0 unspecified atom stereocenters. The van der Waals surface area contributed by atoms with Crippen molar-refractivity contribution < 1.29 is 13.6 Å². The summed E-state index contributed by atoms with van der Waals surface area (Å²) in [6, 6.07) is 2.40. The van der Waals surface area contributed by atoms with Crippen molar-refractivity contribution in [2.45, 2.75) is 26.2 Å². The highest BCUT2D eigenvalue weighted by Crippen LogP contribution is 2.34. The summed E-state index contributed by atoms with van der Waals surface area (Å²) in [6.07, 6.45) is 2.28. The summed E-state index contributed by atoms with van der Waals surface area (Å²) in [5, 5.41) is 0. The quantitative estimate of drug-likeness (QED) is 0.700. The number of benzene rings is 1. The second kappa shape index (κ2) is 3.72. The number of aryl methyl sites for hydroxylation is 1. The van der Waals surface area contributed by atoms with Gasteiger partial charge in [0.15, 0.2) is 5.78 Å². The molecule has 0 amide bonds. The average molecular weight is 210 g/mol. The van der Waals surface area contributed by atoms with Gasteiger partial charge in [0.25, 0.3) is 0 Å². The number of Topliss-reactive ketones (excluding diaryl/α,β-unsaturated/α-hetero) is 1. The number of hydrogen-bond donors (Lipinski definition) is 0. The molecule has 0 radical (unpaired) electrons. The van der Waals surface area contributed by atoms with E-state index in [1.54, 1.807) is 6.92 Å². The number of carbonyl (C=O) groups excluding carboxylic acids is 1. The van der Waals surface area contributed by atoms with Gasteiger partial charge in [-0.2, -0.15) is 0 Å². The maximum absolute atomic E-state index is 13.4. The number of carbonyl (C=O) groups is 1. The molecule has 0 atom stereocenters. The molecule has 1 saturated carbocycles. The van der Waals surface area contributed by atoms with Crippen molar-refractivity contribution in [1.29, 1.82) is 0 Å². The minimum atomic E-state index is -0.738. The van der Waals surface area contributed by atoms with Crippen LogP contribution in [0.3, 0.4) is 0 Å². The molecule has 0 heterocycles.